The first-order chi connectivity index (χ1) is 15.3. The lowest BCUT2D eigenvalue weighted by atomic mass is 10.1. The Hall–Kier alpha value is -3.62. The van der Waals surface area contributed by atoms with E-state index in [1.54, 1.807) is 48.5 Å². The van der Waals surface area contributed by atoms with Crippen LogP contribution in [0.25, 0.3) is 6.08 Å². The minimum absolute atomic E-state index is 0.211. The average Bonchev–Trinajstić information content (AvgIpc) is 3.22. The molecule has 0 N–H and O–H groups in total. The van der Waals surface area contributed by atoms with Gasteiger partial charge in [-0.2, -0.15) is 5.10 Å². The van der Waals surface area contributed by atoms with E-state index in [0.29, 0.717) is 34.3 Å². The van der Waals surface area contributed by atoms with Crippen molar-refractivity contribution >= 4 is 11.9 Å². The Balaban J connectivity index is 1.90. The number of ether oxygens (including phenoxy) is 2. The van der Waals surface area contributed by atoms with Gasteiger partial charge in [0.2, 0.25) is 0 Å². The molecule has 0 aliphatic rings. The first kappa shape index (κ1) is 23.1. The monoisotopic (exact) mass is 448 g/mol. The van der Waals surface area contributed by atoms with Gasteiger partial charge in [0, 0.05) is 5.56 Å². The van der Waals surface area contributed by atoms with E-state index < -0.39 is 24.2 Å². The molecule has 5 nitrogen and oxygen atoms in total. The Morgan fingerprint density at radius 3 is 2.38 bits per heavy atom. The summed E-state index contributed by atoms with van der Waals surface area (Å²) in [5.74, 6) is 0.520. The number of nitrogens with zero attached hydrogens (tertiary/aromatic N) is 2. The van der Waals surface area contributed by atoms with E-state index in [0.717, 1.165) is 4.68 Å². The molecule has 0 unspecified atom stereocenters. The summed E-state index contributed by atoms with van der Waals surface area (Å²) in [5.41, 5.74) is 0.0686. The number of rotatable bonds is 9. The van der Waals surface area contributed by atoms with Crippen molar-refractivity contribution in [2.75, 3.05) is 14.2 Å². The molecule has 0 fully saturated rings. The third-order valence-corrected chi connectivity index (χ3v) is 4.70. The second-order valence-corrected chi connectivity index (χ2v) is 6.72. The molecule has 0 atom stereocenters. The highest BCUT2D eigenvalue weighted by atomic mass is 19.3. The molecule has 32 heavy (non-hydrogen) atoms. The Bertz CT molecular complexity index is 1130. The number of aromatic nitrogens is 2. The van der Waals surface area contributed by atoms with Crippen LogP contribution < -0.4 is 9.47 Å². The van der Waals surface area contributed by atoms with Crippen LogP contribution in [-0.2, 0) is 6.54 Å². The maximum atomic E-state index is 13.3. The lowest BCUT2D eigenvalue weighted by Gasteiger charge is -2.12. The molecular formula is C23H20F4N2O3. The molecule has 168 valence electrons. The van der Waals surface area contributed by atoms with Gasteiger partial charge in [-0.05, 0) is 42.0 Å². The summed E-state index contributed by atoms with van der Waals surface area (Å²) in [4.78, 5) is 12.5. The molecule has 0 spiro atoms. The number of alkyl halides is 4. The van der Waals surface area contributed by atoms with Crippen LogP contribution in [0.1, 0.15) is 45.7 Å². The topological polar surface area (TPSA) is 53.4 Å². The lowest BCUT2D eigenvalue weighted by molar-refractivity contribution is 0.104. The second kappa shape index (κ2) is 10.1. The highest BCUT2D eigenvalue weighted by Gasteiger charge is 2.22. The van der Waals surface area contributed by atoms with E-state index in [9.17, 15) is 22.4 Å². The zero-order chi connectivity index (χ0) is 23.3. The highest BCUT2D eigenvalue weighted by Crippen LogP contribution is 2.28. The van der Waals surface area contributed by atoms with E-state index in [-0.39, 0.29) is 12.3 Å². The molecule has 0 aliphatic heterocycles. The molecule has 9 heteroatoms. The van der Waals surface area contributed by atoms with Crippen molar-refractivity contribution in [1.29, 1.82) is 0 Å². The van der Waals surface area contributed by atoms with Gasteiger partial charge in [0.25, 0.3) is 12.9 Å². The minimum Gasteiger partial charge on any atom is -0.496 e. The van der Waals surface area contributed by atoms with Gasteiger partial charge in [0.05, 0.1) is 26.3 Å². The Morgan fingerprint density at radius 1 is 1.00 bits per heavy atom. The number of carbonyl (C=O) groups is 1. The van der Waals surface area contributed by atoms with Crippen molar-refractivity contribution in [3.63, 3.8) is 0 Å². The second-order valence-electron chi connectivity index (χ2n) is 6.72. The first-order valence-electron chi connectivity index (χ1n) is 9.50. The fraction of sp³-hybridized carbons (Fsp3) is 0.217. The van der Waals surface area contributed by atoms with Crippen molar-refractivity contribution in [3.05, 3.63) is 82.7 Å². The standard InChI is InChI=1S/C23H20F4N2O3/c1-31-20-10-8-14(7-9-19(30)16-5-3-4-6-21(16)32-2)11-15(20)13-29-18(23(26)27)12-17(28-29)22(24)25/h3-12,22-23H,13H2,1-2H3/b9-7+. The van der Waals surface area contributed by atoms with Crippen molar-refractivity contribution < 1.29 is 31.8 Å². The third kappa shape index (κ3) is 5.16. The van der Waals surface area contributed by atoms with Gasteiger partial charge in [-0.3, -0.25) is 9.48 Å². The summed E-state index contributed by atoms with van der Waals surface area (Å²) < 4.78 is 63.8. The number of carbonyl (C=O) groups excluding carboxylic acids is 1. The Morgan fingerprint density at radius 2 is 1.72 bits per heavy atom. The molecule has 0 aliphatic carbocycles. The van der Waals surface area contributed by atoms with Crippen molar-refractivity contribution in [3.8, 4) is 11.5 Å². The van der Waals surface area contributed by atoms with E-state index >= 15 is 0 Å². The normalized spacial score (nSPS) is 11.5. The maximum absolute atomic E-state index is 13.3. The number of ketones is 1. The maximum Gasteiger partial charge on any atom is 0.282 e. The fourth-order valence-corrected chi connectivity index (χ4v) is 3.16. The van der Waals surface area contributed by atoms with Gasteiger partial charge in [0.1, 0.15) is 22.9 Å². The largest absolute Gasteiger partial charge is 0.496 e. The summed E-state index contributed by atoms with van der Waals surface area (Å²) in [6.07, 6.45) is -3.02. The quantitative estimate of drug-likeness (QED) is 0.239. The summed E-state index contributed by atoms with van der Waals surface area (Å²) >= 11 is 0. The van der Waals surface area contributed by atoms with Crippen molar-refractivity contribution in [1.82, 2.24) is 9.78 Å². The number of methoxy groups -OCH3 is 2. The summed E-state index contributed by atoms with van der Waals surface area (Å²) in [7, 11) is 2.87. The molecular weight excluding hydrogens is 428 g/mol. The van der Waals surface area contributed by atoms with Crippen LogP contribution in [0.3, 0.4) is 0 Å². The number of halogens is 4. The number of benzene rings is 2. The summed E-state index contributed by atoms with van der Waals surface area (Å²) in [5, 5.41) is 3.61. The molecule has 3 aromatic rings. The molecule has 0 saturated carbocycles. The number of allylic oxidation sites excluding steroid dienone is 1. The SMILES string of the molecule is COc1ccc(/C=C/C(=O)c2ccccc2OC)cc1Cn1nc(C(F)F)cc1C(F)F. The number of para-hydroxylation sites is 1. The van der Waals surface area contributed by atoms with Crippen LogP contribution in [-0.4, -0.2) is 29.8 Å². The van der Waals surface area contributed by atoms with Crippen LogP contribution in [0.5, 0.6) is 11.5 Å². The van der Waals surface area contributed by atoms with Crippen LogP contribution in [0.2, 0.25) is 0 Å². The molecule has 3 rings (SSSR count). The van der Waals surface area contributed by atoms with Gasteiger partial charge >= 0.3 is 0 Å². The van der Waals surface area contributed by atoms with Gasteiger partial charge < -0.3 is 9.47 Å². The smallest absolute Gasteiger partial charge is 0.282 e. The summed E-state index contributed by atoms with van der Waals surface area (Å²) in [6.45, 7) is -0.211. The van der Waals surface area contributed by atoms with Gasteiger partial charge in [-0.25, -0.2) is 17.6 Å². The van der Waals surface area contributed by atoms with E-state index in [1.807, 2.05) is 0 Å². The molecule has 2 aromatic carbocycles. The van der Waals surface area contributed by atoms with E-state index in [4.69, 9.17) is 9.47 Å². The number of hydrogen-bond acceptors (Lipinski definition) is 4. The first-order valence-corrected chi connectivity index (χ1v) is 9.50. The zero-order valence-electron chi connectivity index (χ0n) is 17.3. The van der Waals surface area contributed by atoms with Gasteiger partial charge in [0.15, 0.2) is 5.78 Å². The zero-order valence-corrected chi connectivity index (χ0v) is 17.3. The summed E-state index contributed by atoms with van der Waals surface area (Å²) in [6, 6.07) is 12.4. The highest BCUT2D eigenvalue weighted by molar-refractivity contribution is 6.08. The number of hydrogen-bond donors (Lipinski definition) is 0. The van der Waals surface area contributed by atoms with E-state index in [2.05, 4.69) is 5.10 Å². The average molecular weight is 448 g/mol. The third-order valence-electron chi connectivity index (χ3n) is 4.70. The van der Waals surface area contributed by atoms with Crippen LogP contribution in [0.4, 0.5) is 17.6 Å². The van der Waals surface area contributed by atoms with Crippen LogP contribution in [0, 0.1) is 0 Å². The Kier molecular flexibility index (Phi) is 7.29. The Labute approximate surface area is 181 Å². The van der Waals surface area contributed by atoms with Gasteiger partial charge in [-0.1, -0.05) is 24.3 Å². The predicted molar refractivity (Wildman–Crippen MR) is 111 cm³/mol. The lowest BCUT2D eigenvalue weighted by Crippen LogP contribution is -2.08. The van der Waals surface area contributed by atoms with Crippen LogP contribution >= 0.6 is 0 Å². The minimum atomic E-state index is -2.97. The fourth-order valence-electron chi connectivity index (χ4n) is 3.16. The molecule has 0 amide bonds. The molecule has 0 radical (unpaired) electrons. The molecule has 1 heterocycles. The predicted octanol–water partition coefficient (Wildman–Crippen LogP) is 5.72. The van der Waals surface area contributed by atoms with E-state index in [1.165, 1.54) is 20.3 Å². The van der Waals surface area contributed by atoms with Gasteiger partial charge in [-0.15, -0.1) is 0 Å². The van der Waals surface area contributed by atoms with Crippen LogP contribution in [0.15, 0.2) is 54.6 Å². The van der Waals surface area contributed by atoms with Crippen molar-refractivity contribution in [2.45, 2.75) is 19.4 Å². The molecule has 0 saturated heterocycles. The van der Waals surface area contributed by atoms with Crippen molar-refractivity contribution in [2.24, 2.45) is 0 Å². The molecule has 0 bridgehead atoms. The molecule has 1 aromatic heterocycles.